The summed E-state index contributed by atoms with van der Waals surface area (Å²) in [5.74, 6) is 0.285. The number of nitrogens with zero attached hydrogens (tertiary/aromatic N) is 3. The molecule has 7 nitrogen and oxygen atoms in total. The van der Waals surface area contributed by atoms with Crippen molar-refractivity contribution in [2.45, 2.75) is 19.4 Å². The third kappa shape index (κ3) is 3.57. The highest BCUT2D eigenvalue weighted by Gasteiger charge is 2.10. The first-order valence-electron chi connectivity index (χ1n) is 7.49. The molecule has 23 heavy (non-hydrogen) atoms. The summed E-state index contributed by atoms with van der Waals surface area (Å²) >= 11 is 0. The van der Waals surface area contributed by atoms with Gasteiger partial charge in [0, 0.05) is 37.2 Å². The number of carbonyl (C=O) groups is 1. The Morgan fingerprint density at radius 2 is 2.26 bits per heavy atom. The van der Waals surface area contributed by atoms with Gasteiger partial charge in [-0.2, -0.15) is 10.1 Å². The van der Waals surface area contributed by atoms with E-state index in [1.165, 1.54) is 11.7 Å². The van der Waals surface area contributed by atoms with Crippen LogP contribution in [0, 0.1) is 0 Å². The maximum absolute atomic E-state index is 12.0. The summed E-state index contributed by atoms with van der Waals surface area (Å²) in [4.78, 5) is 15.9. The molecule has 0 aliphatic heterocycles. The van der Waals surface area contributed by atoms with Crippen LogP contribution in [-0.2, 0) is 22.5 Å². The molecule has 0 radical (unpaired) electrons. The minimum atomic E-state index is -0.0875. The maximum atomic E-state index is 12.0. The van der Waals surface area contributed by atoms with E-state index in [-0.39, 0.29) is 5.91 Å². The summed E-state index contributed by atoms with van der Waals surface area (Å²) in [6.45, 7) is 1.45. The quantitative estimate of drug-likeness (QED) is 0.698. The zero-order valence-corrected chi connectivity index (χ0v) is 13.0. The number of hydrogen-bond acceptors (Lipinski definition) is 4. The molecule has 3 rings (SSSR count). The molecule has 2 N–H and O–H groups in total. The Kier molecular flexibility index (Phi) is 4.68. The third-order valence-electron chi connectivity index (χ3n) is 3.70. The molecule has 0 fully saturated rings. The van der Waals surface area contributed by atoms with Crippen LogP contribution in [0.15, 0.2) is 36.8 Å². The Balaban J connectivity index is 1.71. The second-order valence-corrected chi connectivity index (χ2v) is 5.24. The van der Waals surface area contributed by atoms with Crippen LogP contribution in [-0.4, -0.2) is 39.4 Å². The first-order valence-corrected chi connectivity index (χ1v) is 7.49. The number of fused-ring (bicyclic) bond motifs is 1. The van der Waals surface area contributed by atoms with Crippen molar-refractivity contribution in [3.8, 4) is 0 Å². The highest BCUT2D eigenvalue weighted by atomic mass is 16.5. The number of amides is 1. The summed E-state index contributed by atoms with van der Waals surface area (Å²) in [5, 5.41) is 10.2. The fourth-order valence-corrected chi connectivity index (χ4v) is 2.61. The summed E-state index contributed by atoms with van der Waals surface area (Å²) < 4.78 is 7.33. The summed E-state index contributed by atoms with van der Waals surface area (Å²) in [5.41, 5.74) is 2.32. The predicted molar refractivity (Wildman–Crippen MR) is 87.1 cm³/mol. The van der Waals surface area contributed by atoms with E-state index in [4.69, 9.17) is 4.74 Å². The molecule has 0 aliphatic rings. The van der Waals surface area contributed by atoms with E-state index < -0.39 is 0 Å². The van der Waals surface area contributed by atoms with E-state index >= 15 is 0 Å². The van der Waals surface area contributed by atoms with Crippen LogP contribution in [0.25, 0.3) is 10.9 Å². The summed E-state index contributed by atoms with van der Waals surface area (Å²) in [6, 6.07) is 8.21. The van der Waals surface area contributed by atoms with Gasteiger partial charge in [-0.25, -0.2) is 5.10 Å². The van der Waals surface area contributed by atoms with Crippen LogP contribution in [0.1, 0.15) is 12.0 Å². The molecule has 0 unspecified atom stereocenters. The lowest BCUT2D eigenvalue weighted by Crippen LogP contribution is -2.13. The highest BCUT2D eigenvalue weighted by Crippen LogP contribution is 2.22. The van der Waals surface area contributed by atoms with Crippen molar-refractivity contribution in [2.24, 2.45) is 0 Å². The van der Waals surface area contributed by atoms with Gasteiger partial charge in [-0.15, -0.1) is 0 Å². The van der Waals surface area contributed by atoms with Gasteiger partial charge in [0.05, 0.1) is 6.61 Å². The number of H-pyrrole nitrogens is 1. The first-order chi connectivity index (χ1) is 11.3. The highest BCUT2D eigenvalue weighted by molar-refractivity contribution is 5.90. The van der Waals surface area contributed by atoms with Crippen molar-refractivity contribution in [3.63, 3.8) is 0 Å². The van der Waals surface area contributed by atoms with Crippen LogP contribution in [0.5, 0.6) is 0 Å². The zero-order valence-electron chi connectivity index (χ0n) is 13.0. The lowest BCUT2D eigenvalue weighted by molar-refractivity contribution is -0.116. The topological polar surface area (TPSA) is 84.8 Å². The monoisotopic (exact) mass is 313 g/mol. The normalized spacial score (nSPS) is 11.0. The number of benzene rings is 1. The van der Waals surface area contributed by atoms with Crippen molar-refractivity contribution in [3.05, 3.63) is 42.4 Å². The van der Waals surface area contributed by atoms with Crippen molar-refractivity contribution in [2.75, 3.05) is 19.0 Å². The van der Waals surface area contributed by atoms with Gasteiger partial charge >= 0.3 is 0 Å². The second kappa shape index (κ2) is 7.06. The zero-order chi connectivity index (χ0) is 16.1. The molecule has 1 amide bonds. The molecule has 0 spiro atoms. The van der Waals surface area contributed by atoms with E-state index in [1.54, 1.807) is 7.11 Å². The average Bonchev–Trinajstić information content (AvgIpc) is 3.19. The molecule has 0 saturated carbocycles. The lowest BCUT2D eigenvalue weighted by Gasteiger charge is -2.03. The van der Waals surface area contributed by atoms with Crippen molar-refractivity contribution in [1.82, 2.24) is 19.7 Å². The smallest absolute Gasteiger partial charge is 0.227 e. The lowest BCUT2D eigenvalue weighted by atomic mass is 10.1. The number of para-hydroxylation sites is 1. The van der Waals surface area contributed by atoms with E-state index in [1.807, 2.05) is 12.1 Å². The number of ether oxygens (including phenoxy) is 1. The van der Waals surface area contributed by atoms with Gasteiger partial charge in [0.2, 0.25) is 11.9 Å². The van der Waals surface area contributed by atoms with Gasteiger partial charge in [0.25, 0.3) is 0 Å². The van der Waals surface area contributed by atoms with Crippen LogP contribution in [0.2, 0.25) is 0 Å². The molecule has 1 aromatic carbocycles. The van der Waals surface area contributed by atoms with E-state index in [9.17, 15) is 4.79 Å². The number of hydrogen-bond donors (Lipinski definition) is 2. The van der Waals surface area contributed by atoms with Gasteiger partial charge in [0.15, 0.2) is 0 Å². The number of aryl methyl sites for hydroxylation is 1. The Morgan fingerprint density at radius 3 is 3.04 bits per heavy atom. The number of carbonyl (C=O) groups excluding carboxylic acids is 1. The fourth-order valence-electron chi connectivity index (χ4n) is 2.61. The van der Waals surface area contributed by atoms with Gasteiger partial charge in [0.1, 0.15) is 6.33 Å². The molecular formula is C16H19N5O2. The van der Waals surface area contributed by atoms with Gasteiger partial charge in [-0.1, -0.05) is 18.2 Å². The van der Waals surface area contributed by atoms with Gasteiger partial charge in [-0.05, 0) is 18.1 Å². The molecule has 120 valence electrons. The van der Waals surface area contributed by atoms with Crippen molar-refractivity contribution >= 4 is 22.8 Å². The standard InChI is InChI=1S/C16H19N5O2/c1-23-9-8-21-10-12(13-4-2-3-5-14(13)21)6-7-15(22)19-16-17-11-18-20-16/h2-5,10-11H,6-9H2,1H3,(H2,17,18,19,20,22). The first kappa shape index (κ1) is 15.2. The molecule has 0 atom stereocenters. The Labute approximate surface area is 133 Å². The van der Waals surface area contributed by atoms with Gasteiger partial charge < -0.3 is 9.30 Å². The third-order valence-corrected chi connectivity index (χ3v) is 3.70. The second-order valence-electron chi connectivity index (χ2n) is 5.24. The van der Waals surface area contributed by atoms with E-state index in [0.29, 0.717) is 25.4 Å². The molecule has 0 bridgehead atoms. The minimum Gasteiger partial charge on any atom is -0.383 e. The molecule has 0 aliphatic carbocycles. The van der Waals surface area contributed by atoms with E-state index in [2.05, 4.69) is 43.4 Å². The van der Waals surface area contributed by atoms with E-state index in [0.717, 1.165) is 17.6 Å². The number of aromatic nitrogens is 4. The summed E-state index contributed by atoms with van der Waals surface area (Å²) in [6.07, 6.45) is 4.52. The van der Waals surface area contributed by atoms with Crippen molar-refractivity contribution in [1.29, 1.82) is 0 Å². The van der Waals surface area contributed by atoms with Crippen molar-refractivity contribution < 1.29 is 9.53 Å². The Hall–Kier alpha value is -2.67. The molecule has 0 saturated heterocycles. The van der Waals surface area contributed by atoms with Crippen LogP contribution >= 0.6 is 0 Å². The maximum Gasteiger partial charge on any atom is 0.227 e. The average molecular weight is 313 g/mol. The van der Waals surface area contributed by atoms with Gasteiger partial charge in [-0.3, -0.25) is 10.1 Å². The number of methoxy groups -OCH3 is 1. The molecular weight excluding hydrogens is 294 g/mol. The number of anilines is 1. The largest absolute Gasteiger partial charge is 0.383 e. The minimum absolute atomic E-state index is 0.0875. The number of rotatable bonds is 7. The molecule has 3 aromatic rings. The summed E-state index contributed by atoms with van der Waals surface area (Å²) in [7, 11) is 1.69. The Bertz CT molecular complexity index is 779. The Morgan fingerprint density at radius 1 is 1.39 bits per heavy atom. The molecule has 2 aromatic heterocycles. The SMILES string of the molecule is COCCn1cc(CCC(=O)Nc2ncn[nH]2)c2ccccc21. The molecule has 7 heteroatoms. The predicted octanol–water partition coefficient (Wildman–Crippen LogP) is 1.98. The van der Waals surface area contributed by atoms with Crippen LogP contribution < -0.4 is 5.32 Å². The number of nitrogens with one attached hydrogen (secondary N) is 2. The fraction of sp³-hybridized carbons (Fsp3) is 0.312. The van der Waals surface area contributed by atoms with Crippen LogP contribution in [0.4, 0.5) is 5.95 Å². The molecule has 2 heterocycles. The van der Waals surface area contributed by atoms with Crippen LogP contribution in [0.3, 0.4) is 0 Å². The number of aromatic amines is 1.